The maximum absolute atomic E-state index is 9.10. The van der Waals surface area contributed by atoms with E-state index >= 15 is 0 Å². The second-order valence-corrected chi connectivity index (χ2v) is 7.57. The van der Waals surface area contributed by atoms with Crippen LogP contribution in [0, 0.1) is 6.92 Å². The summed E-state index contributed by atoms with van der Waals surface area (Å²) in [5.41, 5.74) is 2.29. The number of nitrogens with zero attached hydrogens (tertiary/aromatic N) is 7. The van der Waals surface area contributed by atoms with Crippen molar-refractivity contribution in [2.24, 2.45) is 7.05 Å². The Morgan fingerprint density at radius 1 is 1.31 bits per heavy atom. The van der Waals surface area contributed by atoms with Crippen molar-refractivity contribution < 1.29 is 5.11 Å². The Morgan fingerprint density at radius 2 is 2.12 bits per heavy atom. The van der Waals surface area contributed by atoms with Gasteiger partial charge in [-0.3, -0.25) is 9.58 Å². The van der Waals surface area contributed by atoms with Crippen molar-refractivity contribution in [3.63, 3.8) is 0 Å². The van der Waals surface area contributed by atoms with Crippen LogP contribution in [0.15, 0.2) is 6.20 Å². The molecule has 1 aliphatic rings. The minimum atomic E-state index is 0.119. The molecule has 144 valence electrons. The molecule has 1 atom stereocenters. The number of aliphatic hydroxyl groups is 1. The number of aryl methyl sites for hydroxylation is 1. The lowest BCUT2D eigenvalue weighted by atomic mass is 9.96. The number of hydrogen-bond donors (Lipinski definition) is 1. The molecule has 3 heterocycles. The van der Waals surface area contributed by atoms with Gasteiger partial charge in [0.05, 0.1) is 25.4 Å². The van der Waals surface area contributed by atoms with Crippen LogP contribution in [0.25, 0.3) is 0 Å². The third kappa shape index (κ3) is 4.31. The van der Waals surface area contributed by atoms with Crippen LogP contribution in [0.2, 0.25) is 0 Å². The van der Waals surface area contributed by atoms with Crippen molar-refractivity contribution in [2.75, 3.05) is 33.8 Å². The maximum atomic E-state index is 9.10. The molecule has 0 aromatic carbocycles. The van der Waals surface area contributed by atoms with Crippen molar-refractivity contribution in [1.29, 1.82) is 0 Å². The molecule has 1 unspecified atom stereocenters. The van der Waals surface area contributed by atoms with E-state index in [0.717, 1.165) is 49.9 Å². The molecule has 1 fully saturated rings. The first-order valence-corrected chi connectivity index (χ1v) is 9.37. The van der Waals surface area contributed by atoms with Gasteiger partial charge in [0.15, 0.2) is 0 Å². The van der Waals surface area contributed by atoms with Crippen LogP contribution in [-0.4, -0.2) is 73.2 Å². The third-order valence-corrected chi connectivity index (χ3v) is 5.10. The fraction of sp³-hybridized carbons (Fsp3) is 0.722. The SMILES string of the molecule is Cc1nn(CCO)cc1CN1CCCC(c2nnc(CN(C)C)n2C)C1. The van der Waals surface area contributed by atoms with E-state index < -0.39 is 0 Å². The average Bonchev–Trinajstić information content (AvgIpc) is 3.11. The van der Waals surface area contributed by atoms with Crippen LogP contribution in [0.5, 0.6) is 0 Å². The molecule has 26 heavy (non-hydrogen) atoms. The van der Waals surface area contributed by atoms with Crippen molar-refractivity contribution in [3.05, 3.63) is 29.1 Å². The zero-order valence-electron chi connectivity index (χ0n) is 16.4. The van der Waals surface area contributed by atoms with Crippen LogP contribution >= 0.6 is 0 Å². The second kappa shape index (κ2) is 8.28. The Kier molecular flexibility index (Phi) is 6.05. The highest BCUT2D eigenvalue weighted by molar-refractivity contribution is 5.16. The lowest BCUT2D eigenvalue weighted by Gasteiger charge is -2.32. The molecule has 1 N–H and O–H groups in total. The van der Waals surface area contributed by atoms with Gasteiger partial charge in [-0.05, 0) is 40.4 Å². The van der Waals surface area contributed by atoms with Gasteiger partial charge in [-0.25, -0.2) is 0 Å². The predicted molar refractivity (Wildman–Crippen MR) is 99.7 cm³/mol. The number of aliphatic hydroxyl groups excluding tert-OH is 1. The lowest BCUT2D eigenvalue weighted by molar-refractivity contribution is 0.194. The molecular weight excluding hydrogens is 330 g/mol. The Hall–Kier alpha value is -1.77. The van der Waals surface area contributed by atoms with Gasteiger partial charge < -0.3 is 14.6 Å². The minimum absolute atomic E-state index is 0.119. The summed E-state index contributed by atoms with van der Waals surface area (Å²) in [4.78, 5) is 4.61. The average molecular weight is 361 g/mol. The van der Waals surface area contributed by atoms with Crippen molar-refractivity contribution in [2.45, 2.75) is 45.3 Å². The van der Waals surface area contributed by atoms with E-state index in [2.05, 4.69) is 57.0 Å². The number of likely N-dealkylation sites (tertiary alicyclic amines) is 1. The van der Waals surface area contributed by atoms with E-state index in [1.54, 1.807) is 0 Å². The fourth-order valence-corrected chi connectivity index (χ4v) is 3.73. The summed E-state index contributed by atoms with van der Waals surface area (Å²) in [6, 6.07) is 0. The molecule has 3 rings (SSSR count). The zero-order valence-corrected chi connectivity index (χ0v) is 16.4. The van der Waals surface area contributed by atoms with Crippen LogP contribution in [0.4, 0.5) is 0 Å². The van der Waals surface area contributed by atoms with E-state index in [-0.39, 0.29) is 6.61 Å². The van der Waals surface area contributed by atoms with Gasteiger partial charge in [-0.1, -0.05) is 0 Å². The molecule has 0 amide bonds. The number of aromatic nitrogens is 5. The number of piperidine rings is 1. The first kappa shape index (κ1) is 19.0. The summed E-state index contributed by atoms with van der Waals surface area (Å²) in [6.45, 7) is 6.52. The van der Waals surface area contributed by atoms with E-state index in [1.807, 2.05) is 11.6 Å². The number of rotatable bonds is 7. The first-order chi connectivity index (χ1) is 12.5. The molecule has 1 aliphatic heterocycles. The normalized spacial score (nSPS) is 18.8. The monoisotopic (exact) mass is 361 g/mol. The molecule has 0 radical (unpaired) electrons. The Bertz CT molecular complexity index is 721. The molecule has 2 aromatic rings. The molecule has 0 bridgehead atoms. The molecule has 0 aliphatic carbocycles. The minimum Gasteiger partial charge on any atom is -0.394 e. The highest BCUT2D eigenvalue weighted by Crippen LogP contribution is 2.27. The number of hydrogen-bond acceptors (Lipinski definition) is 6. The first-order valence-electron chi connectivity index (χ1n) is 9.37. The molecule has 0 spiro atoms. The van der Waals surface area contributed by atoms with Gasteiger partial charge >= 0.3 is 0 Å². The van der Waals surface area contributed by atoms with E-state index in [9.17, 15) is 0 Å². The van der Waals surface area contributed by atoms with Crippen LogP contribution in [0.1, 0.15) is 41.7 Å². The summed E-state index contributed by atoms with van der Waals surface area (Å²) in [5.74, 6) is 2.53. The summed E-state index contributed by atoms with van der Waals surface area (Å²) in [6.07, 6.45) is 4.39. The third-order valence-electron chi connectivity index (χ3n) is 5.10. The highest BCUT2D eigenvalue weighted by Gasteiger charge is 2.26. The smallest absolute Gasteiger partial charge is 0.146 e. The van der Waals surface area contributed by atoms with Crippen molar-refractivity contribution >= 4 is 0 Å². The predicted octanol–water partition coefficient (Wildman–Crippen LogP) is 0.754. The lowest BCUT2D eigenvalue weighted by Crippen LogP contribution is -2.35. The van der Waals surface area contributed by atoms with Gasteiger partial charge in [0.2, 0.25) is 0 Å². The van der Waals surface area contributed by atoms with Gasteiger partial charge in [0.25, 0.3) is 0 Å². The van der Waals surface area contributed by atoms with E-state index in [4.69, 9.17) is 5.11 Å². The quantitative estimate of drug-likeness (QED) is 0.785. The zero-order chi connectivity index (χ0) is 18.7. The largest absolute Gasteiger partial charge is 0.394 e. The van der Waals surface area contributed by atoms with Gasteiger partial charge in [-0.2, -0.15) is 5.10 Å². The van der Waals surface area contributed by atoms with Crippen molar-refractivity contribution in [1.82, 2.24) is 34.3 Å². The molecule has 8 nitrogen and oxygen atoms in total. The molecular formula is C18H31N7O. The summed E-state index contributed by atoms with van der Waals surface area (Å²) >= 11 is 0. The van der Waals surface area contributed by atoms with Gasteiger partial charge in [-0.15, -0.1) is 10.2 Å². The topological polar surface area (TPSA) is 75.2 Å². The summed E-state index contributed by atoms with van der Waals surface area (Å²) in [5, 5.41) is 22.5. The van der Waals surface area contributed by atoms with Crippen LogP contribution < -0.4 is 0 Å². The molecule has 8 heteroatoms. The second-order valence-electron chi connectivity index (χ2n) is 7.57. The standard InChI is InChI=1S/C18H31N7O/c1-14-16(12-25(21-14)8-9-26)11-24-7-5-6-15(10-24)18-20-19-17(23(18)4)13-22(2)3/h12,15,26H,5-11,13H2,1-4H3. The molecule has 0 saturated carbocycles. The van der Waals surface area contributed by atoms with Crippen LogP contribution in [0.3, 0.4) is 0 Å². The van der Waals surface area contributed by atoms with E-state index in [1.165, 1.54) is 12.0 Å². The van der Waals surface area contributed by atoms with Gasteiger partial charge in [0, 0.05) is 37.8 Å². The summed E-state index contributed by atoms with van der Waals surface area (Å²) in [7, 11) is 6.18. The van der Waals surface area contributed by atoms with Crippen molar-refractivity contribution in [3.8, 4) is 0 Å². The fourth-order valence-electron chi connectivity index (χ4n) is 3.73. The van der Waals surface area contributed by atoms with E-state index in [0.29, 0.717) is 12.5 Å². The summed E-state index contributed by atoms with van der Waals surface area (Å²) < 4.78 is 4.00. The maximum Gasteiger partial charge on any atom is 0.146 e. The molecule has 2 aromatic heterocycles. The Morgan fingerprint density at radius 3 is 2.85 bits per heavy atom. The van der Waals surface area contributed by atoms with Crippen LogP contribution in [-0.2, 0) is 26.7 Å². The Labute approximate surface area is 155 Å². The molecule has 1 saturated heterocycles. The van der Waals surface area contributed by atoms with Gasteiger partial charge in [0.1, 0.15) is 11.6 Å². The Balaban J connectivity index is 1.67. The highest BCUT2D eigenvalue weighted by atomic mass is 16.3.